The fourth-order valence-electron chi connectivity index (χ4n) is 3.93. The SMILES string of the molecule is CCC(C(=O)NC)N(Cc1ccc(Cl)c(Cl)c1)C(=O)CN(c1ccc(F)cc1)S(=O)(=O)c1ccc(OC)cc1. The molecule has 39 heavy (non-hydrogen) atoms. The van der Waals surface area contributed by atoms with Crippen LogP contribution in [0.3, 0.4) is 0 Å². The van der Waals surface area contributed by atoms with Crippen LogP contribution in [0.5, 0.6) is 5.75 Å². The summed E-state index contributed by atoms with van der Waals surface area (Å²) in [5, 5.41) is 3.14. The number of benzene rings is 3. The number of ether oxygens (including phenoxy) is 1. The predicted molar refractivity (Wildman–Crippen MR) is 149 cm³/mol. The number of amides is 2. The van der Waals surface area contributed by atoms with Crippen LogP contribution in [0, 0.1) is 5.82 Å². The molecule has 12 heteroatoms. The van der Waals surface area contributed by atoms with Gasteiger partial charge in [0.15, 0.2) is 0 Å². The number of hydrogen-bond donors (Lipinski definition) is 1. The molecule has 3 aromatic carbocycles. The lowest BCUT2D eigenvalue weighted by Crippen LogP contribution is -2.51. The zero-order chi connectivity index (χ0) is 28.7. The number of carbonyl (C=O) groups excluding carboxylic acids is 2. The summed E-state index contributed by atoms with van der Waals surface area (Å²) >= 11 is 12.2. The van der Waals surface area contributed by atoms with Gasteiger partial charge in [0.25, 0.3) is 10.0 Å². The number of methoxy groups -OCH3 is 1. The van der Waals surface area contributed by atoms with Crippen molar-refractivity contribution >= 4 is 50.7 Å². The Balaban J connectivity index is 2.06. The Morgan fingerprint density at radius 1 is 1.00 bits per heavy atom. The third-order valence-electron chi connectivity index (χ3n) is 6.01. The maximum Gasteiger partial charge on any atom is 0.264 e. The monoisotopic (exact) mass is 595 g/mol. The van der Waals surface area contributed by atoms with E-state index in [1.807, 2.05) is 0 Å². The fourth-order valence-corrected chi connectivity index (χ4v) is 5.67. The van der Waals surface area contributed by atoms with Gasteiger partial charge < -0.3 is 15.0 Å². The van der Waals surface area contributed by atoms with Crippen molar-refractivity contribution in [3.05, 3.63) is 88.2 Å². The highest BCUT2D eigenvalue weighted by Crippen LogP contribution is 2.27. The van der Waals surface area contributed by atoms with Gasteiger partial charge in [0.05, 0.1) is 27.7 Å². The summed E-state index contributed by atoms with van der Waals surface area (Å²) in [7, 11) is -1.39. The molecule has 0 spiro atoms. The second-order valence-electron chi connectivity index (χ2n) is 8.47. The van der Waals surface area contributed by atoms with Crippen LogP contribution in [0.4, 0.5) is 10.1 Å². The van der Waals surface area contributed by atoms with Crippen LogP contribution in [0.1, 0.15) is 18.9 Å². The van der Waals surface area contributed by atoms with E-state index in [4.69, 9.17) is 27.9 Å². The number of anilines is 1. The van der Waals surface area contributed by atoms with Gasteiger partial charge in [-0.1, -0.05) is 36.2 Å². The number of nitrogens with zero attached hydrogens (tertiary/aromatic N) is 2. The third-order valence-corrected chi connectivity index (χ3v) is 8.54. The number of rotatable bonds is 11. The lowest BCUT2D eigenvalue weighted by Gasteiger charge is -2.33. The van der Waals surface area contributed by atoms with Crippen molar-refractivity contribution in [2.24, 2.45) is 0 Å². The molecule has 0 aliphatic carbocycles. The Morgan fingerprint density at radius 3 is 2.18 bits per heavy atom. The van der Waals surface area contributed by atoms with Crippen molar-refractivity contribution in [1.82, 2.24) is 10.2 Å². The number of hydrogen-bond acceptors (Lipinski definition) is 5. The van der Waals surface area contributed by atoms with Gasteiger partial charge in [-0.2, -0.15) is 0 Å². The highest BCUT2D eigenvalue weighted by Gasteiger charge is 2.33. The smallest absolute Gasteiger partial charge is 0.264 e. The first-order valence-corrected chi connectivity index (χ1v) is 14.1. The Hall–Kier alpha value is -3.34. The van der Waals surface area contributed by atoms with Crippen LogP contribution in [0.25, 0.3) is 0 Å². The second-order valence-corrected chi connectivity index (χ2v) is 11.1. The normalized spacial score (nSPS) is 11.9. The maximum absolute atomic E-state index is 13.8. The molecule has 2 amide bonds. The summed E-state index contributed by atoms with van der Waals surface area (Å²) in [6.07, 6.45) is 0.258. The van der Waals surface area contributed by atoms with E-state index in [2.05, 4.69) is 5.32 Å². The first-order valence-electron chi connectivity index (χ1n) is 11.9. The van der Waals surface area contributed by atoms with Crippen LogP contribution in [0.15, 0.2) is 71.6 Å². The molecule has 0 aromatic heterocycles. The van der Waals surface area contributed by atoms with Gasteiger partial charge in [-0.05, 0) is 72.6 Å². The molecule has 0 radical (unpaired) electrons. The van der Waals surface area contributed by atoms with Crippen LogP contribution >= 0.6 is 23.2 Å². The van der Waals surface area contributed by atoms with Crippen molar-refractivity contribution in [1.29, 1.82) is 0 Å². The molecular formula is C27H28Cl2FN3O5S. The molecule has 1 atom stereocenters. The van der Waals surface area contributed by atoms with E-state index in [1.165, 1.54) is 55.5 Å². The van der Waals surface area contributed by atoms with E-state index in [9.17, 15) is 22.4 Å². The molecule has 0 aliphatic heterocycles. The number of carbonyl (C=O) groups is 2. The van der Waals surface area contributed by atoms with Gasteiger partial charge in [-0.3, -0.25) is 13.9 Å². The zero-order valence-corrected chi connectivity index (χ0v) is 23.9. The van der Waals surface area contributed by atoms with Crippen LogP contribution in [0.2, 0.25) is 10.0 Å². The Labute approximate surface area is 237 Å². The predicted octanol–water partition coefficient (Wildman–Crippen LogP) is 4.89. The van der Waals surface area contributed by atoms with Crippen LogP contribution in [-0.2, 0) is 26.2 Å². The molecular weight excluding hydrogens is 568 g/mol. The molecule has 0 bridgehead atoms. The Kier molecular flexibility index (Phi) is 10.2. The Morgan fingerprint density at radius 2 is 1.64 bits per heavy atom. The van der Waals surface area contributed by atoms with Gasteiger partial charge in [0, 0.05) is 13.6 Å². The minimum Gasteiger partial charge on any atom is -0.497 e. The van der Waals surface area contributed by atoms with E-state index in [0.717, 1.165) is 16.4 Å². The highest BCUT2D eigenvalue weighted by atomic mass is 35.5. The summed E-state index contributed by atoms with van der Waals surface area (Å²) in [6.45, 7) is 1.04. The van der Waals surface area contributed by atoms with E-state index >= 15 is 0 Å². The molecule has 0 fully saturated rings. The average Bonchev–Trinajstić information content (AvgIpc) is 2.93. The van der Waals surface area contributed by atoms with Gasteiger partial charge >= 0.3 is 0 Å². The van der Waals surface area contributed by atoms with E-state index < -0.39 is 40.2 Å². The van der Waals surface area contributed by atoms with E-state index in [-0.39, 0.29) is 28.6 Å². The lowest BCUT2D eigenvalue weighted by atomic mass is 10.1. The van der Waals surface area contributed by atoms with Gasteiger partial charge in [-0.25, -0.2) is 12.8 Å². The van der Waals surface area contributed by atoms with Crippen molar-refractivity contribution in [2.75, 3.05) is 25.0 Å². The van der Waals surface area contributed by atoms with E-state index in [1.54, 1.807) is 25.1 Å². The number of likely N-dealkylation sites (N-methyl/N-ethyl adjacent to an activating group) is 1. The van der Waals surface area contributed by atoms with Gasteiger partial charge in [0.1, 0.15) is 24.2 Å². The minimum atomic E-state index is -4.30. The topological polar surface area (TPSA) is 96.0 Å². The van der Waals surface area contributed by atoms with Crippen LogP contribution in [-0.4, -0.2) is 51.9 Å². The summed E-state index contributed by atoms with van der Waals surface area (Å²) in [4.78, 5) is 27.8. The van der Waals surface area contributed by atoms with Gasteiger partial charge in [-0.15, -0.1) is 0 Å². The number of sulfonamides is 1. The van der Waals surface area contributed by atoms with Crippen molar-refractivity contribution < 1.29 is 27.1 Å². The number of nitrogens with one attached hydrogen (secondary N) is 1. The van der Waals surface area contributed by atoms with Crippen molar-refractivity contribution in [2.45, 2.75) is 30.8 Å². The molecule has 0 saturated carbocycles. The maximum atomic E-state index is 13.8. The zero-order valence-electron chi connectivity index (χ0n) is 21.5. The summed E-state index contributed by atoms with van der Waals surface area (Å²) in [5.41, 5.74) is 0.662. The average molecular weight is 597 g/mol. The number of halogens is 3. The molecule has 3 aromatic rings. The second kappa shape index (κ2) is 13.1. The molecule has 3 rings (SSSR count). The summed E-state index contributed by atoms with van der Waals surface area (Å²) in [5.74, 6) is -1.20. The molecule has 1 N–H and O–H groups in total. The quantitative estimate of drug-likeness (QED) is 0.340. The standard InChI is InChI=1S/C27H28Cl2FN3O5S/c1-4-25(27(35)31-2)32(16-18-5-14-23(28)24(29)15-18)26(34)17-33(20-8-6-19(30)7-9-20)39(36,37)22-12-10-21(38-3)11-13-22/h5-15,25H,4,16-17H2,1-3H3,(H,31,35). The molecule has 208 valence electrons. The third kappa shape index (κ3) is 7.20. The first-order chi connectivity index (χ1) is 18.5. The summed E-state index contributed by atoms with van der Waals surface area (Å²) < 4.78 is 47.2. The largest absolute Gasteiger partial charge is 0.497 e. The Bertz CT molecular complexity index is 1420. The van der Waals surface area contributed by atoms with Crippen LogP contribution < -0.4 is 14.4 Å². The highest BCUT2D eigenvalue weighted by molar-refractivity contribution is 7.92. The van der Waals surface area contributed by atoms with Crippen molar-refractivity contribution in [3.63, 3.8) is 0 Å². The van der Waals surface area contributed by atoms with E-state index in [0.29, 0.717) is 16.3 Å². The molecule has 1 unspecified atom stereocenters. The first kappa shape index (κ1) is 30.2. The molecule has 8 nitrogen and oxygen atoms in total. The molecule has 0 heterocycles. The molecule has 0 aliphatic rings. The fraction of sp³-hybridized carbons (Fsp3) is 0.259. The minimum absolute atomic E-state index is 0.0402. The van der Waals surface area contributed by atoms with Gasteiger partial charge in [0.2, 0.25) is 11.8 Å². The summed E-state index contributed by atoms with van der Waals surface area (Å²) in [6, 6.07) is 14.3. The molecule has 0 saturated heterocycles. The van der Waals surface area contributed by atoms with Crippen molar-refractivity contribution in [3.8, 4) is 5.75 Å². The lowest BCUT2D eigenvalue weighted by molar-refractivity contribution is -0.140.